The highest BCUT2D eigenvalue weighted by Gasteiger charge is 2.34. The highest BCUT2D eigenvalue weighted by atomic mass is 32.2. The van der Waals surface area contributed by atoms with Gasteiger partial charge in [0.25, 0.3) is 0 Å². The van der Waals surface area contributed by atoms with E-state index in [1.807, 2.05) is 6.07 Å². The number of carboxylic acid groups (broad SMARTS) is 1. The van der Waals surface area contributed by atoms with E-state index in [1.165, 1.54) is 19.2 Å². The van der Waals surface area contributed by atoms with Crippen LogP contribution in [0, 0.1) is 23.5 Å². The number of aromatic nitrogens is 1. The normalized spacial score (nSPS) is 19.3. The van der Waals surface area contributed by atoms with E-state index in [0.29, 0.717) is 42.6 Å². The molecule has 6 nitrogen and oxygen atoms in total. The van der Waals surface area contributed by atoms with Crippen LogP contribution in [0.25, 0.3) is 10.9 Å². The molecule has 2 N–H and O–H groups in total. The number of aliphatic hydroxyl groups is 1. The van der Waals surface area contributed by atoms with Crippen molar-refractivity contribution in [2.45, 2.75) is 30.3 Å². The fourth-order valence-electron chi connectivity index (χ4n) is 4.90. The smallest absolute Gasteiger partial charge is 0.308 e. The average Bonchev–Trinajstić information content (AvgIpc) is 2.87. The van der Waals surface area contributed by atoms with Gasteiger partial charge in [-0.2, -0.15) is 0 Å². The zero-order valence-electron chi connectivity index (χ0n) is 20.1. The first-order valence-electron chi connectivity index (χ1n) is 12.0. The Bertz CT molecular complexity index is 1210. The molecule has 1 aliphatic rings. The Labute approximate surface area is 213 Å². The monoisotopic (exact) mass is 516 g/mol. The number of halogens is 2. The number of ether oxygens (including phenoxy) is 1. The average molecular weight is 517 g/mol. The van der Waals surface area contributed by atoms with Crippen molar-refractivity contribution in [3.05, 3.63) is 65.9 Å². The number of methoxy groups -OCH3 is 1. The van der Waals surface area contributed by atoms with E-state index >= 15 is 0 Å². The van der Waals surface area contributed by atoms with Crippen molar-refractivity contribution in [2.75, 3.05) is 32.5 Å². The number of piperidine rings is 1. The maximum atomic E-state index is 14.7. The van der Waals surface area contributed by atoms with Crippen LogP contribution in [0.5, 0.6) is 5.75 Å². The summed E-state index contributed by atoms with van der Waals surface area (Å²) in [4.78, 5) is 19.1. The molecule has 3 atom stereocenters. The number of thioether (sulfide) groups is 1. The number of hydrogen-bond acceptors (Lipinski definition) is 6. The molecule has 0 unspecified atom stereocenters. The van der Waals surface area contributed by atoms with Gasteiger partial charge in [0, 0.05) is 34.7 Å². The van der Waals surface area contributed by atoms with Crippen LogP contribution in [0.1, 0.15) is 30.9 Å². The number of aliphatic hydroxyl groups excluding tert-OH is 1. The third-order valence-corrected chi connectivity index (χ3v) is 7.82. The van der Waals surface area contributed by atoms with Gasteiger partial charge >= 0.3 is 5.97 Å². The number of fused-ring (bicyclic) bond motifs is 1. The predicted octanol–water partition coefficient (Wildman–Crippen LogP) is 5.15. The zero-order chi connectivity index (χ0) is 25.7. The lowest BCUT2D eigenvalue weighted by atomic mass is 9.81. The lowest BCUT2D eigenvalue weighted by Crippen LogP contribution is -2.44. The molecule has 36 heavy (non-hydrogen) atoms. The van der Waals surface area contributed by atoms with Crippen LogP contribution in [0.2, 0.25) is 0 Å². The summed E-state index contributed by atoms with van der Waals surface area (Å²) in [6, 6.07) is 11.5. The van der Waals surface area contributed by atoms with E-state index in [2.05, 4.69) is 9.88 Å². The van der Waals surface area contributed by atoms with Gasteiger partial charge in [0.1, 0.15) is 17.4 Å². The van der Waals surface area contributed by atoms with Crippen LogP contribution < -0.4 is 4.74 Å². The van der Waals surface area contributed by atoms with E-state index in [0.717, 1.165) is 23.4 Å². The van der Waals surface area contributed by atoms with Gasteiger partial charge < -0.3 is 19.8 Å². The number of hydrogen-bond donors (Lipinski definition) is 2. The third kappa shape index (κ3) is 6.32. The van der Waals surface area contributed by atoms with Crippen molar-refractivity contribution >= 4 is 28.6 Å². The number of carboxylic acids is 1. The topological polar surface area (TPSA) is 82.9 Å². The summed E-state index contributed by atoms with van der Waals surface area (Å²) in [5, 5.41) is 21.3. The molecule has 1 saturated heterocycles. The van der Waals surface area contributed by atoms with Crippen LogP contribution in [-0.4, -0.2) is 58.6 Å². The van der Waals surface area contributed by atoms with Crippen LogP contribution in [0.3, 0.4) is 0 Å². The minimum Gasteiger partial charge on any atom is -0.497 e. The number of aliphatic carboxylic acids is 1. The number of pyridine rings is 1. The Balaban J connectivity index is 1.36. The van der Waals surface area contributed by atoms with E-state index in [9.17, 15) is 23.8 Å². The second-order valence-corrected chi connectivity index (χ2v) is 10.3. The summed E-state index contributed by atoms with van der Waals surface area (Å²) in [7, 11) is 1.52. The predicted molar refractivity (Wildman–Crippen MR) is 135 cm³/mol. The molecular weight excluding hydrogens is 486 g/mol. The number of rotatable bonds is 10. The van der Waals surface area contributed by atoms with Gasteiger partial charge in [-0.15, -0.1) is 11.8 Å². The standard InChI is InChI=1S/C27H30F2N2O4S/c1-35-19-6-7-24-21(14-19)26(23(29)15-30-24)25(32)8-5-17-9-10-31(16-22(17)27(33)34)11-12-36-20-4-2-3-18(28)13-20/h2-4,6-7,13-15,17,22,25,32H,5,8-12,16H2,1H3,(H,33,34)/t17-,22+,25-/m0/s1. The summed E-state index contributed by atoms with van der Waals surface area (Å²) >= 11 is 1.54. The first-order valence-corrected chi connectivity index (χ1v) is 13.0. The highest BCUT2D eigenvalue weighted by molar-refractivity contribution is 7.99. The SMILES string of the molecule is COc1ccc2ncc(F)c([C@@H](O)CC[C@H]3CCN(CCSc4cccc(F)c4)C[C@H]3C(=O)O)c2c1. The molecule has 2 heterocycles. The van der Waals surface area contributed by atoms with Gasteiger partial charge in [0.15, 0.2) is 0 Å². The Morgan fingerprint density at radius 2 is 2.11 bits per heavy atom. The molecule has 9 heteroatoms. The number of benzene rings is 2. The van der Waals surface area contributed by atoms with Crippen molar-refractivity contribution in [3.63, 3.8) is 0 Å². The van der Waals surface area contributed by atoms with Crippen LogP contribution in [0.4, 0.5) is 8.78 Å². The van der Waals surface area contributed by atoms with Crippen LogP contribution in [-0.2, 0) is 4.79 Å². The molecule has 0 amide bonds. The zero-order valence-corrected chi connectivity index (χ0v) is 20.9. The minimum absolute atomic E-state index is 0.116. The molecule has 192 valence electrons. The second kappa shape index (κ2) is 12.0. The van der Waals surface area contributed by atoms with Gasteiger partial charge in [-0.3, -0.25) is 9.78 Å². The first kappa shape index (κ1) is 26.3. The third-order valence-electron chi connectivity index (χ3n) is 6.84. The molecule has 0 saturated carbocycles. The van der Waals surface area contributed by atoms with Crippen LogP contribution in [0.15, 0.2) is 53.6 Å². The molecule has 2 aromatic carbocycles. The molecule has 1 aromatic heterocycles. The summed E-state index contributed by atoms with van der Waals surface area (Å²) < 4.78 is 33.3. The Morgan fingerprint density at radius 3 is 2.86 bits per heavy atom. The van der Waals surface area contributed by atoms with Gasteiger partial charge in [-0.25, -0.2) is 8.78 Å². The van der Waals surface area contributed by atoms with Crippen molar-refractivity contribution < 1.29 is 28.5 Å². The summed E-state index contributed by atoms with van der Waals surface area (Å²) in [6.45, 7) is 1.87. The van der Waals surface area contributed by atoms with Crippen LogP contribution >= 0.6 is 11.8 Å². The molecule has 0 bridgehead atoms. The van der Waals surface area contributed by atoms with Crippen molar-refractivity contribution in [1.29, 1.82) is 0 Å². The minimum atomic E-state index is -1.09. The van der Waals surface area contributed by atoms with Crippen molar-refractivity contribution in [3.8, 4) is 5.75 Å². The van der Waals surface area contributed by atoms with E-state index < -0.39 is 23.8 Å². The first-order chi connectivity index (χ1) is 17.4. The summed E-state index contributed by atoms with van der Waals surface area (Å²) in [5.41, 5.74) is 0.719. The molecule has 0 spiro atoms. The molecule has 0 radical (unpaired) electrons. The fraction of sp³-hybridized carbons (Fsp3) is 0.407. The fourth-order valence-corrected chi connectivity index (χ4v) is 5.85. The van der Waals surface area contributed by atoms with E-state index in [4.69, 9.17) is 4.74 Å². The van der Waals surface area contributed by atoms with Crippen molar-refractivity contribution in [1.82, 2.24) is 9.88 Å². The number of likely N-dealkylation sites (tertiary alicyclic amines) is 1. The van der Waals surface area contributed by atoms with Crippen molar-refractivity contribution in [2.24, 2.45) is 11.8 Å². The largest absolute Gasteiger partial charge is 0.497 e. The Morgan fingerprint density at radius 1 is 1.28 bits per heavy atom. The van der Waals surface area contributed by atoms with Gasteiger partial charge in [-0.1, -0.05) is 6.07 Å². The Kier molecular flexibility index (Phi) is 8.77. The lowest BCUT2D eigenvalue weighted by molar-refractivity contribution is -0.146. The quantitative estimate of drug-likeness (QED) is 0.361. The molecule has 3 aromatic rings. The maximum absolute atomic E-state index is 14.7. The molecule has 4 rings (SSSR count). The summed E-state index contributed by atoms with van der Waals surface area (Å²) in [5.74, 6) is -1.13. The van der Waals surface area contributed by atoms with Gasteiger partial charge in [0.2, 0.25) is 0 Å². The molecule has 1 fully saturated rings. The maximum Gasteiger partial charge on any atom is 0.308 e. The second-order valence-electron chi connectivity index (χ2n) is 9.10. The van der Waals surface area contributed by atoms with Gasteiger partial charge in [0.05, 0.1) is 30.8 Å². The lowest BCUT2D eigenvalue weighted by Gasteiger charge is -2.37. The molecular formula is C27H30F2N2O4S. The van der Waals surface area contributed by atoms with E-state index in [-0.39, 0.29) is 23.7 Å². The number of nitrogens with zero attached hydrogens (tertiary/aromatic N) is 2. The van der Waals surface area contributed by atoms with E-state index in [1.54, 1.807) is 36.0 Å². The highest BCUT2D eigenvalue weighted by Crippen LogP contribution is 2.35. The molecule has 1 aliphatic heterocycles. The summed E-state index contributed by atoms with van der Waals surface area (Å²) in [6.07, 6.45) is 1.42. The Hall–Kier alpha value is -2.75. The number of carbonyl (C=O) groups is 1. The molecule has 0 aliphatic carbocycles. The van der Waals surface area contributed by atoms with Gasteiger partial charge in [-0.05, 0) is 68.1 Å².